The monoisotopic (exact) mass is 256 g/mol. The lowest BCUT2D eigenvalue weighted by Crippen LogP contribution is -2.17. The van der Waals surface area contributed by atoms with Gasteiger partial charge in [0.05, 0.1) is 6.21 Å². The van der Waals surface area contributed by atoms with Crippen LogP contribution in [-0.4, -0.2) is 22.3 Å². The molecule has 0 atom stereocenters. The highest BCUT2D eigenvalue weighted by Crippen LogP contribution is 2.26. The molecule has 0 saturated heterocycles. The van der Waals surface area contributed by atoms with Crippen molar-refractivity contribution in [3.63, 3.8) is 0 Å². The number of nitrogens with zero attached hydrogens (tertiary/aromatic N) is 1. The molecule has 2 rings (SSSR count). The van der Waals surface area contributed by atoms with Crippen molar-refractivity contribution in [2.45, 2.75) is 0 Å². The number of phenolic OH excluding ortho intramolecular Hbond substituents is 2. The van der Waals surface area contributed by atoms with Crippen molar-refractivity contribution in [2.24, 2.45) is 5.10 Å². The standard InChI is InChI=1S/C14H12N2O3/c17-12-8-4-7-11(13(12)18)9-15-16-14(19)10-5-2-1-3-6-10/h1-9,17-18H,(H,16,19)/b15-9+. The average molecular weight is 256 g/mol. The van der Waals surface area contributed by atoms with Crippen LogP contribution < -0.4 is 5.43 Å². The fourth-order valence-electron chi connectivity index (χ4n) is 1.47. The number of phenols is 2. The molecule has 0 aromatic heterocycles. The highest BCUT2D eigenvalue weighted by atomic mass is 16.3. The van der Waals surface area contributed by atoms with Crippen molar-refractivity contribution in [2.75, 3.05) is 0 Å². The molecule has 0 unspecified atom stereocenters. The topological polar surface area (TPSA) is 81.9 Å². The molecule has 96 valence electrons. The number of amides is 1. The van der Waals surface area contributed by atoms with Gasteiger partial charge in [-0.3, -0.25) is 4.79 Å². The highest BCUT2D eigenvalue weighted by molar-refractivity contribution is 5.95. The number of benzene rings is 2. The van der Waals surface area contributed by atoms with Crippen LogP contribution in [0, 0.1) is 0 Å². The van der Waals surface area contributed by atoms with E-state index in [2.05, 4.69) is 10.5 Å². The number of nitrogens with one attached hydrogen (secondary N) is 1. The lowest BCUT2D eigenvalue weighted by Gasteiger charge is -2.01. The van der Waals surface area contributed by atoms with Gasteiger partial charge < -0.3 is 10.2 Å². The average Bonchev–Trinajstić information content (AvgIpc) is 2.44. The van der Waals surface area contributed by atoms with Gasteiger partial charge in [-0.25, -0.2) is 5.43 Å². The maximum atomic E-state index is 11.7. The number of rotatable bonds is 3. The van der Waals surface area contributed by atoms with Crippen molar-refractivity contribution in [1.29, 1.82) is 0 Å². The number of hydrazone groups is 1. The van der Waals surface area contributed by atoms with Gasteiger partial charge in [0, 0.05) is 11.1 Å². The Morgan fingerprint density at radius 2 is 1.79 bits per heavy atom. The zero-order valence-corrected chi connectivity index (χ0v) is 9.95. The Balaban J connectivity index is 2.05. The molecule has 0 spiro atoms. The van der Waals surface area contributed by atoms with Crippen LogP contribution in [0.3, 0.4) is 0 Å². The quantitative estimate of drug-likeness (QED) is 0.445. The second kappa shape index (κ2) is 5.68. The van der Waals surface area contributed by atoms with Gasteiger partial charge in [-0.2, -0.15) is 5.10 Å². The lowest BCUT2D eigenvalue weighted by molar-refractivity contribution is 0.0955. The predicted molar refractivity (Wildman–Crippen MR) is 71.3 cm³/mol. The van der Waals surface area contributed by atoms with Gasteiger partial charge in [-0.05, 0) is 24.3 Å². The van der Waals surface area contributed by atoms with Crippen molar-refractivity contribution in [3.05, 3.63) is 59.7 Å². The third kappa shape index (κ3) is 3.10. The summed E-state index contributed by atoms with van der Waals surface area (Å²) in [6.07, 6.45) is 1.26. The molecule has 0 aliphatic heterocycles. The lowest BCUT2D eigenvalue weighted by atomic mass is 10.2. The molecule has 0 fully saturated rings. The maximum absolute atomic E-state index is 11.7. The van der Waals surface area contributed by atoms with E-state index in [9.17, 15) is 15.0 Å². The molecular weight excluding hydrogens is 244 g/mol. The molecule has 0 heterocycles. The second-order valence-electron chi connectivity index (χ2n) is 3.78. The van der Waals surface area contributed by atoms with Crippen LogP contribution in [0.2, 0.25) is 0 Å². The highest BCUT2D eigenvalue weighted by Gasteiger charge is 2.04. The van der Waals surface area contributed by atoms with Crippen molar-refractivity contribution < 1.29 is 15.0 Å². The number of carbonyl (C=O) groups excluding carboxylic acids is 1. The van der Waals surface area contributed by atoms with Crippen molar-refractivity contribution >= 4 is 12.1 Å². The van der Waals surface area contributed by atoms with E-state index >= 15 is 0 Å². The van der Waals surface area contributed by atoms with Gasteiger partial charge in [0.15, 0.2) is 11.5 Å². The molecule has 0 saturated carbocycles. The number of para-hydroxylation sites is 1. The molecule has 5 nitrogen and oxygen atoms in total. The Morgan fingerprint density at radius 3 is 2.53 bits per heavy atom. The van der Waals surface area contributed by atoms with Gasteiger partial charge in [-0.15, -0.1) is 0 Å². The zero-order chi connectivity index (χ0) is 13.7. The Kier molecular flexibility index (Phi) is 3.78. The largest absolute Gasteiger partial charge is 0.504 e. The minimum absolute atomic E-state index is 0.238. The first-order valence-corrected chi connectivity index (χ1v) is 5.58. The molecule has 19 heavy (non-hydrogen) atoms. The van der Waals surface area contributed by atoms with Crippen LogP contribution in [0.25, 0.3) is 0 Å². The summed E-state index contributed by atoms with van der Waals surface area (Å²) in [6, 6.07) is 13.1. The first kappa shape index (κ1) is 12.6. The molecule has 1 amide bonds. The normalized spacial score (nSPS) is 10.5. The first-order chi connectivity index (χ1) is 9.18. The predicted octanol–water partition coefficient (Wildman–Crippen LogP) is 1.86. The minimum Gasteiger partial charge on any atom is -0.504 e. The molecule has 2 aromatic rings. The fourth-order valence-corrected chi connectivity index (χ4v) is 1.47. The van der Waals surface area contributed by atoms with Crippen LogP contribution >= 0.6 is 0 Å². The number of hydrogen-bond acceptors (Lipinski definition) is 4. The molecular formula is C14H12N2O3. The molecule has 0 radical (unpaired) electrons. The summed E-state index contributed by atoms with van der Waals surface area (Å²) in [4.78, 5) is 11.7. The summed E-state index contributed by atoms with van der Waals surface area (Å²) >= 11 is 0. The van der Waals surface area contributed by atoms with E-state index < -0.39 is 0 Å². The van der Waals surface area contributed by atoms with Gasteiger partial charge in [0.2, 0.25) is 0 Å². The molecule has 0 bridgehead atoms. The Hall–Kier alpha value is -2.82. The first-order valence-electron chi connectivity index (χ1n) is 5.58. The van der Waals surface area contributed by atoms with E-state index in [-0.39, 0.29) is 17.4 Å². The fraction of sp³-hybridized carbons (Fsp3) is 0. The summed E-state index contributed by atoms with van der Waals surface area (Å²) in [5.41, 5.74) is 3.13. The van der Waals surface area contributed by atoms with E-state index in [0.29, 0.717) is 11.1 Å². The Labute approximate surface area is 109 Å². The SMILES string of the molecule is O=C(N/N=C/c1cccc(O)c1O)c1ccccc1. The molecule has 0 aliphatic rings. The Bertz CT molecular complexity index is 609. The second-order valence-corrected chi connectivity index (χ2v) is 3.78. The summed E-state index contributed by atoms with van der Waals surface area (Å²) < 4.78 is 0. The van der Waals surface area contributed by atoms with Crippen LogP contribution in [-0.2, 0) is 0 Å². The van der Waals surface area contributed by atoms with E-state index in [0.717, 1.165) is 0 Å². The number of hydrogen-bond donors (Lipinski definition) is 3. The smallest absolute Gasteiger partial charge is 0.271 e. The third-order valence-corrected chi connectivity index (χ3v) is 2.45. The van der Waals surface area contributed by atoms with Crippen molar-refractivity contribution in [1.82, 2.24) is 5.43 Å². The zero-order valence-electron chi connectivity index (χ0n) is 9.95. The summed E-state index contributed by atoms with van der Waals surface area (Å²) in [5.74, 6) is -0.866. The molecule has 2 aromatic carbocycles. The number of aromatic hydroxyl groups is 2. The van der Waals surface area contributed by atoms with Gasteiger partial charge in [-0.1, -0.05) is 24.3 Å². The van der Waals surface area contributed by atoms with Gasteiger partial charge in [0.1, 0.15) is 0 Å². The minimum atomic E-state index is -0.350. The summed E-state index contributed by atoms with van der Waals surface area (Å²) in [7, 11) is 0. The van der Waals surface area contributed by atoms with E-state index in [4.69, 9.17) is 0 Å². The molecule has 3 N–H and O–H groups in total. The Morgan fingerprint density at radius 1 is 1.05 bits per heavy atom. The third-order valence-electron chi connectivity index (χ3n) is 2.45. The van der Waals surface area contributed by atoms with E-state index in [1.165, 1.54) is 12.3 Å². The van der Waals surface area contributed by atoms with Crippen molar-refractivity contribution in [3.8, 4) is 11.5 Å². The van der Waals surface area contributed by atoms with Gasteiger partial charge in [0.25, 0.3) is 5.91 Å². The van der Waals surface area contributed by atoms with Crippen LogP contribution in [0.5, 0.6) is 11.5 Å². The van der Waals surface area contributed by atoms with Crippen LogP contribution in [0.1, 0.15) is 15.9 Å². The van der Waals surface area contributed by atoms with Gasteiger partial charge >= 0.3 is 0 Å². The van der Waals surface area contributed by atoms with Crippen LogP contribution in [0.4, 0.5) is 0 Å². The molecule has 5 heteroatoms. The number of carbonyl (C=O) groups is 1. The van der Waals surface area contributed by atoms with E-state index in [1.807, 2.05) is 6.07 Å². The van der Waals surface area contributed by atoms with E-state index in [1.54, 1.807) is 36.4 Å². The summed E-state index contributed by atoms with van der Waals surface area (Å²) in [6.45, 7) is 0. The maximum Gasteiger partial charge on any atom is 0.271 e. The molecule has 0 aliphatic carbocycles. The summed E-state index contributed by atoms with van der Waals surface area (Å²) in [5, 5.41) is 22.5. The van der Waals surface area contributed by atoms with Crippen LogP contribution in [0.15, 0.2) is 53.6 Å².